The lowest BCUT2D eigenvalue weighted by Crippen LogP contribution is -2.48. The van der Waals surface area contributed by atoms with E-state index in [1.807, 2.05) is 24.3 Å². The van der Waals surface area contributed by atoms with Crippen LogP contribution in [0, 0.1) is 0 Å². The van der Waals surface area contributed by atoms with Gasteiger partial charge in [0.2, 0.25) is 5.91 Å². The summed E-state index contributed by atoms with van der Waals surface area (Å²) in [6, 6.07) is 7.69. The average Bonchev–Trinajstić information content (AvgIpc) is 3.31. The lowest BCUT2D eigenvalue weighted by molar-refractivity contribution is -0.116. The number of hydrogen-bond donors (Lipinski definition) is 3. The van der Waals surface area contributed by atoms with Crippen molar-refractivity contribution in [2.45, 2.75) is 49.8 Å². The first kappa shape index (κ1) is 20.3. The van der Waals surface area contributed by atoms with Crippen LogP contribution in [0.1, 0.15) is 36.3 Å². The number of hydrogen-bond acceptors (Lipinski definition) is 6. The smallest absolute Gasteiger partial charge is 0.315 e. The topological polar surface area (TPSA) is 105 Å². The third-order valence-corrected chi connectivity index (χ3v) is 7.01. The van der Waals surface area contributed by atoms with Gasteiger partial charge in [0, 0.05) is 29.8 Å². The maximum Gasteiger partial charge on any atom is 0.315 e. The lowest BCUT2D eigenvalue weighted by atomic mass is 10.1. The van der Waals surface area contributed by atoms with E-state index < -0.39 is 0 Å². The molecule has 3 aliphatic heterocycles. The van der Waals surface area contributed by atoms with Gasteiger partial charge in [-0.15, -0.1) is 0 Å². The van der Waals surface area contributed by atoms with Gasteiger partial charge in [-0.25, -0.2) is 9.78 Å². The van der Waals surface area contributed by atoms with Crippen LogP contribution >= 0.6 is 0 Å². The van der Waals surface area contributed by atoms with Crippen molar-refractivity contribution in [2.24, 2.45) is 0 Å². The Bertz CT molecular complexity index is 1110. The standard InChI is InChI=1S/C24H27N5O4/c1-29-10-7-13(8-11-29)26-24(31)28-21-20-16-12-14(2-4-17(16)33-22(20)21)32-18-6-9-25-23-15(18)3-5-19(30)27-23/h2,4,6,9,12-13,20-22H,3,5,7-8,10-11H2,1H3,(H,25,27,30)(H2,26,28,31)/t20-,21+,22-/m0/s1. The average molecular weight is 450 g/mol. The fraction of sp³-hybridized carbons (Fsp3) is 0.458. The molecule has 2 fully saturated rings. The van der Waals surface area contributed by atoms with Gasteiger partial charge in [-0.05, 0) is 63.7 Å². The second-order valence-corrected chi connectivity index (χ2v) is 9.32. The maximum absolute atomic E-state index is 12.5. The van der Waals surface area contributed by atoms with Crippen LogP contribution in [0.5, 0.6) is 17.2 Å². The second kappa shape index (κ2) is 7.91. The first-order chi connectivity index (χ1) is 16.0. The Kier molecular flexibility index (Phi) is 4.86. The second-order valence-electron chi connectivity index (χ2n) is 9.32. The summed E-state index contributed by atoms with van der Waals surface area (Å²) >= 11 is 0. The minimum absolute atomic E-state index is 0.0251. The highest BCUT2D eigenvalue weighted by molar-refractivity contribution is 5.93. The fourth-order valence-electron chi connectivity index (χ4n) is 5.09. The molecule has 1 aromatic heterocycles. The number of nitrogens with one attached hydrogen (secondary N) is 3. The molecule has 9 heteroatoms. The van der Waals surface area contributed by atoms with Crippen LogP contribution in [0.25, 0.3) is 0 Å². The van der Waals surface area contributed by atoms with Crippen molar-refractivity contribution in [3.8, 4) is 17.2 Å². The number of amides is 3. The maximum atomic E-state index is 12.5. The lowest BCUT2D eigenvalue weighted by Gasteiger charge is -2.29. The molecule has 1 aliphatic carbocycles. The number of carbonyl (C=O) groups excluding carboxylic acids is 2. The summed E-state index contributed by atoms with van der Waals surface area (Å²) in [6.07, 6.45) is 4.58. The fourth-order valence-corrected chi connectivity index (χ4v) is 5.09. The molecule has 0 radical (unpaired) electrons. The van der Waals surface area contributed by atoms with E-state index in [0.29, 0.717) is 30.2 Å². The first-order valence-electron chi connectivity index (χ1n) is 11.6. The molecule has 4 heterocycles. The summed E-state index contributed by atoms with van der Waals surface area (Å²) in [6.45, 7) is 2.01. The van der Waals surface area contributed by atoms with E-state index in [2.05, 4.69) is 32.9 Å². The molecule has 2 aromatic rings. The quantitative estimate of drug-likeness (QED) is 0.662. The molecule has 0 spiro atoms. The van der Waals surface area contributed by atoms with Crippen LogP contribution < -0.4 is 25.4 Å². The van der Waals surface area contributed by atoms with Gasteiger partial charge in [0.05, 0.1) is 12.0 Å². The summed E-state index contributed by atoms with van der Waals surface area (Å²) in [4.78, 5) is 30.7. The number of benzene rings is 1. The van der Waals surface area contributed by atoms with Crippen molar-refractivity contribution in [3.63, 3.8) is 0 Å². The number of rotatable bonds is 4. The Morgan fingerprint density at radius 3 is 2.91 bits per heavy atom. The summed E-state index contributed by atoms with van der Waals surface area (Å²) in [7, 11) is 2.11. The zero-order valence-electron chi connectivity index (χ0n) is 18.5. The monoisotopic (exact) mass is 449 g/mol. The Labute approximate surface area is 191 Å². The number of piperidine rings is 1. The van der Waals surface area contributed by atoms with Gasteiger partial charge in [-0.3, -0.25) is 4.79 Å². The third kappa shape index (κ3) is 3.86. The van der Waals surface area contributed by atoms with Crippen molar-refractivity contribution < 1.29 is 19.1 Å². The zero-order valence-corrected chi connectivity index (χ0v) is 18.5. The highest BCUT2D eigenvalue weighted by Crippen LogP contribution is 2.54. The normalized spacial score (nSPS) is 25.7. The van der Waals surface area contributed by atoms with Crippen molar-refractivity contribution in [3.05, 3.63) is 41.6 Å². The highest BCUT2D eigenvalue weighted by Gasteiger charge is 2.59. The molecule has 6 rings (SSSR count). The molecule has 0 bridgehead atoms. The van der Waals surface area contributed by atoms with Gasteiger partial charge in [-0.1, -0.05) is 0 Å². The van der Waals surface area contributed by atoms with Gasteiger partial charge < -0.3 is 30.3 Å². The molecule has 3 N–H and O–H groups in total. The van der Waals surface area contributed by atoms with Gasteiger partial charge in [0.15, 0.2) is 0 Å². The zero-order chi connectivity index (χ0) is 22.5. The van der Waals surface area contributed by atoms with E-state index in [1.165, 1.54) is 0 Å². The van der Waals surface area contributed by atoms with Gasteiger partial charge in [0.1, 0.15) is 29.2 Å². The SMILES string of the molecule is CN1CCC(NC(=O)N[C@H]2[C@H]3Oc4ccc(Oc5ccnc6c5CCC(=O)N6)cc4[C@@H]23)CC1. The molecule has 172 valence electrons. The Morgan fingerprint density at radius 2 is 2.06 bits per heavy atom. The van der Waals surface area contributed by atoms with Gasteiger partial charge in [0.25, 0.3) is 0 Å². The molecule has 1 aromatic carbocycles. The summed E-state index contributed by atoms with van der Waals surface area (Å²) in [5.41, 5.74) is 1.96. The first-order valence-corrected chi connectivity index (χ1v) is 11.6. The number of pyridine rings is 1. The van der Waals surface area contributed by atoms with Crippen LogP contribution in [-0.2, 0) is 11.2 Å². The van der Waals surface area contributed by atoms with E-state index in [-0.39, 0.29) is 36.0 Å². The number of likely N-dealkylation sites (tertiary alicyclic amines) is 1. The van der Waals surface area contributed by atoms with Crippen molar-refractivity contribution in [2.75, 3.05) is 25.5 Å². The third-order valence-electron chi connectivity index (χ3n) is 7.01. The molecule has 33 heavy (non-hydrogen) atoms. The molecule has 1 saturated heterocycles. The summed E-state index contributed by atoms with van der Waals surface area (Å²) < 4.78 is 12.2. The summed E-state index contributed by atoms with van der Waals surface area (Å²) in [5.74, 6) is 2.91. The van der Waals surface area contributed by atoms with E-state index in [0.717, 1.165) is 42.8 Å². The number of ether oxygens (including phenoxy) is 2. The molecule has 0 unspecified atom stereocenters. The number of urea groups is 1. The van der Waals surface area contributed by atoms with E-state index in [4.69, 9.17) is 9.47 Å². The molecule has 4 aliphatic rings. The van der Waals surface area contributed by atoms with Crippen molar-refractivity contribution in [1.82, 2.24) is 20.5 Å². The number of fused-ring (bicyclic) bond motifs is 4. The predicted molar refractivity (Wildman–Crippen MR) is 121 cm³/mol. The largest absolute Gasteiger partial charge is 0.487 e. The van der Waals surface area contributed by atoms with Crippen LogP contribution in [0.15, 0.2) is 30.5 Å². The predicted octanol–water partition coefficient (Wildman–Crippen LogP) is 2.38. The number of aromatic nitrogens is 1. The van der Waals surface area contributed by atoms with E-state index >= 15 is 0 Å². The molecule has 9 nitrogen and oxygen atoms in total. The highest BCUT2D eigenvalue weighted by atomic mass is 16.5. The Morgan fingerprint density at radius 1 is 1.21 bits per heavy atom. The Hall–Kier alpha value is -3.33. The van der Waals surface area contributed by atoms with Gasteiger partial charge in [-0.2, -0.15) is 0 Å². The van der Waals surface area contributed by atoms with E-state index in [9.17, 15) is 9.59 Å². The number of anilines is 1. The van der Waals surface area contributed by atoms with Crippen molar-refractivity contribution in [1.29, 1.82) is 0 Å². The van der Waals surface area contributed by atoms with Crippen LogP contribution in [0.3, 0.4) is 0 Å². The number of nitrogens with zero attached hydrogens (tertiary/aromatic N) is 2. The minimum atomic E-state index is -0.119. The van der Waals surface area contributed by atoms with Crippen LogP contribution in [0.4, 0.5) is 10.6 Å². The Balaban J connectivity index is 1.11. The molecule has 1 saturated carbocycles. The van der Waals surface area contributed by atoms with Crippen LogP contribution in [0.2, 0.25) is 0 Å². The van der Waals surface area contributed by atoms with Crippen LogP contribution in [-0.4, -0.2) is 60.1 Å². The van der Waals surface area contributed by atoms with Crippen molar-refractivity contribution >= 4 is 17.8 Å². The minimum Gasteiger partial charge on any atom is -0.487 e. The van der Waals surface area contributed by atoms with Gasteiger partial charge >= 0.3 is 6.03 Å². The molecule has 3 amide bonds. The van der Waals surface area contributed by atoms with E-state index in [1.54, 1.807) is 6.20 Å². The molecule has 3 atom stereocenters. The summed E-state index contributed by atoms with van der Waals surface area (Å²) in [5, 5.41) is 9.00. The molecular weight excluding hydrogens is 422 g/mol. The number of carbonyl (C=O) groups is 2. The molecular formula is C24H27N5O4.